The first-order valence-corrected chi connectivity index (χ1v) is 42.5. The molecule has 0 aromatic heterocycles. The lowest BCUT2D eigenvalue weighted by molar-refractivity contribution is -0.123. The van der Waals surface area contributed by atoms with E-state index in [4.69, 9.17) is 0 Å². The molecule has 26 nitrogen and oxygen atoms in total. The number of carbonyl (C=O) groups excluding carboxylic acids is 4. The highest BCUT2D eigenvalue weighted by Crippen LogP contribution is 2.34. The number of benzene rings is 8. The SMILES string of the molecule is CN(C)c1cccc2c(S(=O)(=O)NCCNC(=O)CCN(CCSSCCN(CCC(=O)NCCNS(=O)(=O)c3cccc4c(N(C)C)cccc34)CCC(=O)NCCNS(=O)(=O)c3cccc4c(N(C)C)cccc34)CCC(=O)NCCNS(=O)(=O)c3cccc4c(N(C)C)cccc34)cccc12. The van der Waals surface area contributed by atoms with Crippen LogP contribution in [0, 0.1) is 0 Å². The van der Waals surface area contributed by atoms with E-state index in [2.05, 4.69) is 40.2 Å². The monoisotopic (exact) mass is 1540 g/mol. The van der Waals surface area contributed by atoms with Crippen LogP contribution in [0.15, 0.2) is 165 Å². The molecule has 8 aromatic carbocycles. The van der Waals surface area contributed by atoms with Crippen molar-refractivity contribution in [2.24, 2.45) is 0 Å². The van der Waals surface area contributed by atoms with Gasteiger partial charge in [-0.15, -0.1) is 0 Å². The van der Waals surface area contributed by atoms with Crippen LogP contribution in [0.1, 0.15) is 25.7 Å². The number of nitrogens with zero attached hydrogens (tertiary/aromatic N) is 6. The van der Waals surface area contributed by atoms with Crippen LogP contribution in [0.5, 0.6) is 0 Å². The Labute approximate surface area is 619 Å². The van der Waals surface area contributed by atoms with E-state index in [9.17, 15) is 52.8 Å². The molecule has 0 unspecified atom stereocenters. The largest absolute Gasteiger partial charge is 0.377 e. The minimum atomic E-state index is -3.97. The minimum absolute atomic E-state index is 0.0133. The Morgan fingerprint density at radius 2 is 0.481 bits per heavy atom. The summed E-state index contributed by atoms with van der Waals surface area (Å²) in [6.45, 7) is 1.68. The Bertz CT molecular complexity index is 4190. The summed E-state index contributed by atoms with van der Waals surface area (Å²) < 4.78 is 119. The molecule has 8 N–H and O–H groups in total. The molecular weight excluding hydrogens is 1450 g/mol. The van der Waals surface area contributed by atoms with E-state index in [1.165, 1.54) is 0 Å². The molecule has 104 heavy (non-hydrogen) atoms. The van der Waals surface area contributed by atoms with E-state index in [0.717, 1.165) is 44.3 Å². The van der Waals surface area contributed by atoms with E-state index >= 15 is 0 Å². The van der Waals surface area contributed by atoms with Gasteiger partial charge in [-0.05, 0) is 48.5 Å². The van der Waals surface area contributed by atoms with Gasteiger partial charge in [-0.25, -0.2) is 52.6 Å². The molecule has 0 saturated carbocycles. The maximum absolute atomic E-state index is 13.6. The molecule has 8 rings (SSSR count). The van der Waals surface area contributed by atoms with Gasteiger partial charge in [-0.1, -0.05) is 119 Å². The molecule has 4 amide bonds. The van der Waals surface area contributed by atoms with Gasteiger partial charge in [-0.3, -0.25) is 19.2 Å². The number of carbonyl (C=O) groups is 4. The fourth-order valence-corrected chi connectivity index (χ4v) is 19.0. The third kappa shape index (κ3) is 22.8. The molecule has 0 radical (unpaired) electrons. The zero-order valence-electron chi connectivity index (χ0n) is 60.0. The van der Waals surface area contributed by atoms with Crippen molar-refractivity contribution < 1.29 is 52.8 Å². The third-order valence-electron chi connectivity index (χ3n) is 17.2. The molecule has 0 heterocycles. The molecule has 8 aromatic rings. The maximum Gasteiger partial charge on any atom is 0.241 e. The lowest BCUT2D eigenvalue weighted by atomic mass is 10.1. The first-order chi connectivity index (χ1) is 49.6. The zero-order valence-corrected chi connectivity index (χ0v) is 64.9. The first-order valence-electron chi connectivity index (χ1n) is 34.1. The summed E-state index contributed by atoms with van der Waals surface area (Å²) in [6, 6.07) is 42.2. The van der Waals surface area contributed by atoms with Crippen LogP contribution in [0.4, 0.5) is 22.7 Å². The second kappa shape index (κ2) is 38.4. The molecule has 0 bridgehead atoms. The van der Waals surface area contributed by atoms with Gasteiger partial charge >= 0.3 is 0 Å². The summed E-state index contributed by atoms with van der Waals surface area (Å²) in [7, 11) is 2.30. The minimum Gasteiger partial charge on any atom is -0.377 e. The third-order valence-corrected chi connectivity index (χ3v) is 25.6. The predicted octanol–water partition coefficient (Wildman–Crippen LogP) is 5.79. The standard InChI is InChI=1S/C72H96N14O12S6/c1-81(2)61-25-9-21-57-53(61)17-13-29-65(57)101(91,92)77-41-37-73-69(87)33-45-85(46-34-70(88)74-38-42-78-102(93,94)66-30-14-18-54-58(66)22-10-26-62(54)82(3)4)49-51-99-100-52-50-86(47-35-71(89)75-39-43-79-103(95,96)67-31-15-19-55-59(67)23-11-27-63(55)83(5)6)48-36-72(90)76-40-44-80-104(97,98)68-32-16-20-56-60(68)24-12-28-64(56)84(7)8/h9-32,77-80H,33-52H2,1-8H3,(H,73,87)(H,74,88)(H,75,89)(H,76,90). The lowest BCUT2D eigenvalue weighted by Gasteiger charge is -2.23. The summed E-state index contributed by atoms with van der Waals surface area (Å²) in [5.41, 5.74) is 3.45. The molecule has 0 fully saturated rings. The smallest absolute Gasteiger partial charge is 0.241 e. The van der Waals surface area contributed by atoms with E-state index in [1.54, 1.807) is 119 Å². The average molecular weight is 1540 g/mol. The number of fused-ring (bicyclic) bond motifs is 4. The second-order valence-corrected chi connectivity index (χ2v) is 35.1. The maximum atomic E-state index is 13.6. The number of anilines is 4. The Morgan fingerprint density at radius 1 is 0.279 bits per heavy atom. The summed E-state index contributed by atoms with van der Waals surface area (Å²) in [5.74, 6) is -0.219. The number of amides is 4. The van der Waals surface area contributed by atoms with Gasteiger partial charge < -0.3 is 50.7 Å². The number of hydrogen-bond acceptors (Lipinski definition) is 20. The van der Waals surface area contributed by atoms with Gasteiger partial charge in [0.05, 0.1) is 19.6 Å². The normalized spacial score (nSPS) is 12.1. The van der Waals surface area contributed by atoms with Gasteiger partial charge in [0.1, 0.15) is 0 Å². The van der Waals surface area contributed by atoms with Crippen LogP contribution in [0.3, 0.4) is 0 Å². The van der Waals surface area contributed by atoms with Crippen LogP contribution in [0.2, 0.25) is 0 Å². The fraction of sp³-hybridized carbons (Fsp3) is 0.389. The van der Waals surface area contributed by atoms with Crippen molar-refractivity contribution in [3.63, 3.8) is 0 Å². The van der Waals surface area contributed by atoms with E-state index < -0.39 is 40.1 Å². The Morgan fingerprint density at radius 3 is 0.692 bits per heavy atom. The molecule has 0 spiro atoms. The lowest BCUT2D eigenvalue weighted by Crippen LogP contribution is -2.39. The van der Waals surface area contributed by atoms with Crippen molar-refractivity contribution in [3.05, 3.63) is 146 Å². The summed E-state index contributed by atoms with van der Waals surface area (Å²) in [6.07, 6.45) is 0.120. The number of sulfonamides is 4. The molecule has 0 aliphatic heterocycles. The Balaban J connectivity index is 0.846. The summed E-state index contributed by atoms with van der Waals surface area (Å²) in [5, 5.41) is 16.6. The van der Waals surface area contributed by atoms with Crippen LogP contribution in [0.25, 0.3) is 43.1 Å². The van der Waals surface area contributed by atoms with Crippen LogP contribution < -0.4 is 59.8 Å². The fourth-order valence-electron chi connectivity index (χ4n) is 11.9. The summed E-state index contributed by atoms with van der Waals surface area (Å²) in [4.78, 5) is 65.5. The quantitative estimate of drug-likeness (QED) is 0.0166. The highest BCUT2D eigenvalue weighted by atomic mass is 33.1. The van der Waals surface area contributed by atoms with Gasteiger partial charge in [0.15, 0.2) is 0 Å². The van der Waals surface area contributed by atoms with E-state index in [-0.39, 0.29) is 147 Å². The van der Waals surface area contributed by atoms with E-state index in [0.29, 0.717) is 46.1 Å². The van der Waals surface area contributed by atoms with Crippen molar-refractivity contribution >= 4 is 151 Å². The van der Waals surface area contributed by atoms with Crippen molar-refractivity contribution in [1.82, 2.24) is 50.0 Å². The Hall–Kier alpha value is -7.86. The van der Waals surface area contributed by atoms with E-state index in [1.807, 2.05) is 134 Å². The van der Waals surface area contributed by atoms with Crippen LogP contribution in [-0.2, 0) is 59.3 Å². The molecular formula is C72H96N14O12S6. The van der Waals surface area contributed by atoms with Crippen molar-refractivity contribution in [3.8, 4) is 0 Å². The molecule has 562 valence electrons. The highest BCUT2D eigenvalue weighted by Gasteiger charge is 2.24. The zero-order chi connectivity index (χ0) is 75.2. The van der Waals surface area contributed by atoms with Gasteiger partial charge in [0.25, 0.3) is 0 Å². The van der Waals surface area contributed by atoms with Crippen LogP contribution in [-0.4, -0.2) is 227 Å². The molecule has 32 heteroatoms. The van der Waals surface area contributed by atoms with Crippen LogP contribution >= 0.6 is 21.6 Å². The Kier molecular flexibility index (Phi) is 30.2. The molecule has 0 atom stereocenters. The average Bonchev–Trinajstić information content (AvgIpc) is 0.799. The molecule has 0 aliphatic rings. The van der Waals surface area contributed by atoms with Gasteiger partial charge in [-0.2, -0.15) is 0 Å². The number of hydrogen-bond donors (Lipinski definition) is 8. The number of rotatable bonds is 43. The predicted molar refractivity (Wildman–Crippen MR) is 422 cm³/mol. The molecule has 0 saturated heterocycles. The van der Waals surface area contributed by atoms with Crippen molar-refractivity contribution in [2.75, 3.05) is 179 Å². The second-order valence-electron chi connectivity index (χ2n) is 25.4. The first kappa shape index (κ1) is 81.8. The van der Waals surface area contributed by atoms with Crippen molar-refractivity contribution in [1.29, 1.82) is 0 Å². The highest BCUT2D eigenvalue weighted by molar-refractivity contribution is 8.76. The summed E-state index contributed by atoms with van der Waals surface area (Å²) >= 11 is 0. The van der Waals surface area contributed by atoms with Gasteiger partial charge in [0, 0.05) is 251 Å². The molecule has 0 aliphatic carbocycles. The van der Waals surface area contributed by atoms with Crippen molar-refractivity contribution in [2.45, 2.75) is 45.3 Å². The topological polar surface area (TPSA) is 321 Å². The van der Waals surface area contributed by atoms with Gasteiger partial charge in [0.2, 0.25) is 63.7 Å². The number of nitrogens with one attached hydrogen (secondary N) is 8.